The number of nitrogens with one attached hydrogen (secondary N) is 1. The molecule has 9 rings (SSSR count). The van der Waals surface area contributed by atoms with Crippen LogP contribution in [0.15, 0.2) is 137 Å². The van der Waals surface area contributed by atoms with E-state index in [-0.39, 0.29) is 34.8 Å². The van der Waals surface area contributed by atoms with Crippen molar-refractivity contribution in [2.75, 3.05) is 49.5 Å². The van der Waals surface area contributed by atoms with Gasteiger partial charge in [-0.3, -0.25) is 4.90 Å². The topological polar surface area (TPSA) is 186 Å². The SMILES string of the molecule is Cc1ccc2c(NCCCN3CCN(c4nccc5ccccc45)CC3)cc(=O)oc2c1.Cc1ccc2c(O)cc(=O)oc2c1.Cc1ccc2c(OS(=O)(=O)C(F)(F)F)cc(=O)oc2c1.Cl. The Kier molecular flexibility index (Phi) is 15.1. The van der Waals surface area contributed by atoms with Crippen molar-refractivity contribution in [3.63, 3.8) is 0 Å². The first-order chi connectivity index (χ1) is 30.9. The van der Waals surface area contributed by atoms with E-state index >= 15 is 0 Å². The van der Waals surface area contributed by atoms with Crippen molar-refractivity contribution in [1.82, 2.24) is 9.88 Å². The van der Waals surface area contributed by atoms with Crippen LogP contribution in [0.3, 0.4) is 0 Å². The van der Waals surface area contributed by atoms with Crippen molar-refractivity contribution in [1.29, 1.82) is 0 Å². The Labute approximate surface area is 381 Å². The zero-order valence-corrected chi connectivity index (χ0v) is 37.4. The van der Waals surface area contributed by atoms with E-state index in [2.05, 4.69) is 54.6 Å². The van der Waals surface area contributed by atoms with Gasteiger partial charge in [-0.15, -0.1) is 12.4 Å². The molecule has 0 bridgehead atoms. The van der Waals surface area contributed by atoms with Gasteiger partial charge in [0.2, 0.25) is 0 Å². The number of aromatic hydroxyl groups is 1. The fourth-order valence-corrected chi connectivity index (χ4v) is 7.68. The summed E-state index contributed by atoms with van der Waals surface area (Å²) in [6, 6.07) is 29.1. The number of hydrogen-bond acceptors (Lipinski definition) is 14. The number of fused-ring (bicyclic) bond motifs is 4. The highest BCUT2D eigenvalue weighted by Crippen LogP contribution is 2.31. The lowest BCUT2D eigenvalue weighted by Gasteiger charge is -2.35. The third-order valence-corrected chi connectivity index (χ3v) is 11.4. The van der Waals surface area contributed by atoms with Gasteiger partial charge in [0.1, 0.15) is 28.3 Å². The second-order valence-electron chi connectivity index (χ2n) is 15.3. The van der Waals surface area contributed by atoms with E-state index in [9.17, 15) is 41.1 Å². The molecule has 0 atom stereocenters. The zero-order valence-electron chi connectivity index (χ0n) is 35.8. The average Bonchev–Trinajstić information content (AvgIpc) is 3.24. The summed E-state index contributed by atoms with van der Waals surface area (Å²) in [7, 11) is -5.85. The van der Waals surface area contributed by atoms with Crippen molar-refractivity contribution in [3.05, 3.63) is 157 Å². The van der Waals surface area contributed by atoms with Gasteiger partial charge in [-0.05, 0) is 98.3 Å². The number of pyridine rings is 1. The quantitative estimate of drug-likeness (QED) is 0.0637. The smallest absolute Gasteiger partial charge is 0.507 e. The van der Waals surface area contributed by atoms with Gasteiger partial charge in [0.15, 0.2) is 5.75 Å². The molecule has 4 aromatic heterocycles. The van der Waals surface area contributed by atoms with E-state index in [1.165, 1.54) is 29.0 Å². The summed E-state index contributed by atoms with van der Waals surface area (Å²) >= 11 is 0. The number of anilines is 2. The Morgan fingerprint density at radius 2 is 1.24 bits per heavy atom. The van der Waals surface area contributed by atoms with E-state index in [1.807, 2.05) is 44.3 Å². The molecular weight excluding hydrogens is 905 g/mol. The number of rotatable bonds is 8. The minimum Gasteiger partial charge on any atom is -0.507 e. The lowest BCUT2D eigenvalue weighted by Crippen LogP contribution is -2.47. The Balaban J connectivity index is 0.000000180. The van der Waals surface area contributed by atoms with E-state index in [1.54, 1.807) is 25.1 Å². The average molecular weight is 949 g/mol. The molecule has 8 aromatic rings. The number of halogens is 4. The first-order valence-electron chi connectivity index (χ1n) is 20.3. The standard InChI is InChI=1S/C26H28N4O2.C11H7F3O5S.C10H8O3.ClH/c1-19-7-8-22-23(18-25(31)32-24(22)17-19)27-10-4-12-29-13-15-30(16-14-29)26-21-6-3-2-5-20(21)9-11-28-26;1-6-2-3-7-8(4-6)18-10(15)5-9(7)19-20(16,17)11(12,13)14;1-6-2-3-7-8(11)5-10(12)13-9(7)4-6;/h2-3,5-9,11,17-18,27H,4,10,12-16H2,1H3;2-5H,1H3;2-5,11H,1H3;1H. The third-order valence-electron chi connectivity index (χ3n) is 10.4. The molecule has 19 heteroatoms. The molecule has 1 aliphatic rings. The Morgan fingerprint density at radius 1 is 0.697 bits per heavy atom. The van der Waals surface area contributed by atoms with Gasteiger partial charge in [0, 0.05) is 55.8 Å². The fourth-order valence-electron chi connectivity index (χ4n) is 7.21. The molecule has 0 saturated carbocycles. The molecule has 1 fully saturated rings. The van der Waals surface area contributed by atoms with E-state index in [0.717, 1.165) is 79.8 Å². The Bertz CT molecular complexity index is 3310. The molecule has 66 heavy (non-hydrogen) atoms. The van der Waals surface area contributed by atoms with Crippen LogP contribution in [0.2, 0.25) is 0 Å². The highest BCUT2D eigenvalue weighted by atomic mass is 35.5. The molecule has 0 amide bonds. The first-order valence-corrected chi connectivity index (χ1v) is 21.7. The van der Waals surface area contributed by atoms with Crippen LogP contribution in [0, 0.1) is 20.8 Å². The molecule has 0 radical (unpaired) electrons. The second-order valence-corrected chi connectivity index (χ2v) is 16.8. The molecule has 1 aliphatic heterocycles. The van der Waals surface area contributed by atoms with Crippen LogP contribution in [0.1, 0.15) is 23.1 Å². The molecule has 1 saturated heterocycles. The summed E-state index contributed by atoms with van der Waals surface area (Å²) in [5.74, 6) is 0.328. The second kappa shape index (κ2) is 20.5. The molecule has 0 aliphatic carbocycles. The molecule has 346 valence electrons. The normalized spacial score (nSPS) is 13.1. The van der Waals surface area contributed by atoms with Crippen LogP contribution in [0.25, 0.3) is 43.7 Å². The lowest BCUT2D eigenvalue weighted by molar-refractivity contribution is -0.0499. The van der Waals surface area contributed by atoms with Crippen LogP contribution in [-0.4, -0.2) is 68.2 Å². The highest BCUT2D eigenvalue weighted by molar-refractivity contribution is 7.88. The maximum absolute atomic E-state index is 12.3. The van der Waals surface area contributed by atoms with Crippen LogP contribution in [0.5, 0.6) is 11.5 Å². The van der Waals surface area contributed by atoms with Gasteiger partial charge >= 0.3 is 32.5 Å². The summed E-state index contributed by atoms with van der Waals surface area (Å²) < 4.78 is 77.7. The predicted octanol–water partition coefficient (Wildman–Crippen LogP) is 8.83. The number of piperazine rings is 1. The minimum absolute atomic E-state index is 0. The third kappa shape index (κ3) is 11.7. The van der Waals surface area contributed by atoms with Crippen LogP contribution in [-0.2, 0) is 10.1 Å². The van der Waals surface area contributed by atoms with Crippen LogP contribution >= 0.6 is 12.4 Å². The number of aromatic nitrogens is 1. The molecule has 5 heterocycles. The first kappa shape index (κ1) is 48.6. The number of hydrogen-bond donors (Lipinski definition) is 2. The summed E-state index contributed by atoms with van der Waals surface area (Å²) in [4.78, 5) is 43.6. The zero-order chi connectivity index (χ0) is 46.5. The Hall–Kier alpha value is -6.89. The minimum atomic E-state index is -5.85. The Morgan fingerprint density at radius 3 is 1.88 bits per heavy atom. The molecule has 14 nitrogen and oxygen atoms in total. The number of nitrogens with zero attached hydrogens (tertiary/aromatic N) is 3. The predicted molar refractivity (Wildman–Crippen MR) is 250 cm³/mol. The van der Waals surface area contributed by atoms with Gasteiger partial charge < -0.3 is 32.8 Å². The van der Waals surface area contributed by atoms with Crippen molar-refractivity contribution >= 4 is 77.7 Å². The molecule has 4 aromatic carbocycles. The summed E-state index contributed by atoms with van der Waals surface area (Å²) in [6.07, 6.45) is 2.92. The summed E-state index contributed by atoms with van der Waals surface area (Å²) in [6.45, 7) is 11.4. The molecular formula is C47H44ClF3N4O10S. The van der Waals surface area contributed by atoms with Crippen molar-refractivity contribution in [2.45, 2.75) is 32.7 Å². The lowest BCUT2D eigenvalue weighted by atomic mass is 10.1. The largest absolute Gasteiger partial charge is 0.534 e. The maximum Gasteiger partial charge on any atom is 0.534 e. The van der Waals surface area contributed by atoms with E-state index < -0.39 is 32.6 Å². The van der Waals surface area contributed by atoms with Crippen LogP contribution < -0.4 is 31.3 Å². The molecule has 0 unspecified atom stereocenters. The van der Waals surface area contributed by atoms with Gasteiger partial charge in [0.25, 0.3) is 0 Å². The van der Waals surface area contributed by atoms with Gasteiger partial charge in [-0.25, -0.2) is 19.4 Å². The number of aryl methyl sites for hydroxylation is 3. The van der Waals surface area contributed by atoms with Gasteiger partial charge in [0.05, 0.1) is 28.6 Å². The van der Waals surface area contributed by atoms with Crippen molar-refractivity contribution < 1.29 is 44.1 Å². The monoisotopic (exact) mass is 948 g/mol. The maximum atomic E-state index is 12.3. The number of alkyl halides is 3. The number of benzene rings is 4. The van der Waals surface area contributed by atoms with Crippen molar-refractivity contribution in [2.24, 2.45) is 0 Å². The van der Waals surface area contributed by atoms with E-state index in [4.69, 9.17) is 13.3 Å². The highest BCUT2D eigenvalue weighted by Gasteiger charge is 2.48. The van der Waals surface area contributed by atoms with E-state index in [0.29, 0.717) is 28.2 Å². The van der Waals surface area contributed by atoms with Gasteiger partial charge in [-0.1, -0.05) is 42.5 Å². The van der Waals surface area contributed by atoms with Crippen LogP contribution in [0.4, 0.5) is 24.7 Å². The summed E-state index contributed by atoms with van der Waals surface area (Å²) in [5.41, 5.74) is -2.86. The molecule has 0 spiro atoms. The summed E-state index contributed by atoms with van der Waals surface area (Å²) in [5, 5.41) is 16.7. The van der Waals surface area contributed by atoms with Gasteiger partial charge in [-0.2, -0.15) is 21.6 Å². The fraction of sp³-hybridized carbons (Fsp3) is 0.234. The van der Waals surface area contributed by atoms with Crippen molar-refractivity contribution in [3.8, 4) is 11.5 Å². The molecule has 2 N–H and O–H groups in total.